The summed E-state index contributed by atoms with van der Waals surface area (Å²) in [5.41, 5.74) is 3.37. The lowest BCUT2D eigenvalue weighted by Crippen LogP contribution is -2.20. The Kier molecular flexibility index (Phi) is 4.29. The molecule has 1 heterocycles. The molecule has 2 aliphatic rings. The minimum atomic E-state index is -0.0474. The fourth-order valence-electron chi connectivity index (χ4n) is 3.03. The van der Waals surface area contributed by atoms with Gasteiger partial charge >= 0.3 is 0 Å². The molecule has 1 unspecified atom stereocenters. The summed E-state index contributed by atoms with van der Waals surface area (Å²) in [6, 6.07) is 0. The van der Waals surface area contributed by atoms with Gasteiger partial charge in [0.1, 0.15) is 0 Å². The van der Waals surface area contributed by atoms with Gasteiger partial charge in [-0.1, -0.05) is 38.5 Å². The maximum absolute atomic E-state index is 5.54. The third kappa shape index (κ3) is 3.04. The van der Waals surface area contributed by atoms with Crippen LogP contribution in [-0.2, 0) is 9.47 Å². The van der Waals surface area contributed by atoms with E-state index in [0.29, 0.717) is 11.3 Å². The minimum absolute atomic E-state index is 0.0474. The van der Waals surface area contributed by atoms with Crippen molar-refractivity contribution in [3.8, 4) is 0 Å². The molecule has 1 fully saturated rings. The molecular weight excluding hydrogens is 224 g/mol. The van der Waals surface area contributed by atoms with Crippen LogP contribution >= 0.6 is 0 Å². The smallest absolute Gasteiger partial charge is 0.163 e. The van der Waals surface area contributed by atoms with Gasteiger partial charge in [-0.05, 0) is 37.2 Å². The maximum atomic E-state index is 5.54. The van der Waals surface area contributed by atoms with E-state index >= 15 is 0 Å². The molecular formula is C16H26O2. The Morgan fingerprint density at radius 2 is 1.94 bits per heavy atom. The summed E-state index contributed by atoms with van der Waals surface area (Å²) in [7, 11) is 0. The molecule has 102 valence electrons. The highest BCUT2D eigenvalue weighted by Crippen LogP contribution is 2.40. The van der Waals surface area contributed by atoms with Crippen molar-refractivity contribution in [3.05, 3.63) is 23.3 Å². The summed E-state index contributed by atoms with van der Waals surface area (Å²) in [4.78, 5) is 0. The van der Waals surface area contributed by atoms with Gasteiger partial charge in [-0.2, -0.15) is 0 Å². The molecule has 0 amide bonds. The quantitative estimate of drug-likeness (QED) is 0.751. The zero-order chi connectivity index (χ0) is 13.2. The van der Waals surface area contributed by atoms with Crippen molar-refractivity contribution in [2.24, 2.45) is 11.3 Å². The molecule has 0 spiro atoms. The average Bonchev–Trinajstić information content (AvgIpc) is 2.80. The van der Waals surface area contributed by atoms with E-state index in [-0.39, 0.29) is 6.29 Å². The van der Waals surface area contributed by atoms with Crippen LogP contribution in [0.5, 0.6) is 0 Å². The monoisotopic (exact) mass is 250 g/mol. The molecule has 1 saturated heterocycles. The van der Waals surface area contributed by atoms with Crippen LogP contribution in [0.1, 0.15) is 47.0 Å². The maximum Gasteiger partial charge on any atom is 0.163 e. The molecule has 0 aromatic carbocycles. The van der Waals surface area contributed by atoms with Gasteiger partial charge in [0.15, 0.2) is 6.29 Å². The fourth-order valence-corrected chi connectivity index (χ4v) is 3.03. The van der Waals surface area contributed by atoms with Crippen molar-refractivity contribution in [1.82, 2.24) is 0 Å². The number of ether oxygens (including phenoxy) is 2. The van der Waals surface area contributed by atoms with Crippen molar-refractivity contribution in [2.75, 3.05) is 13.2 Å². The molecule has 0 saturated carbocycles. The fraction of sp³-hybridized carbons (Fsp3) is 0.750. The van der Waals surface area contributed by atoms with Crippen LogP contribution in [0.2, 0.25) is 0 Å². The molecule has 2 rings (SSSR count). The highest BCUT2D eigenvalue weighted by Gasteiger charge is 2.27. The summed E-state index contributed by atoms with van der Waals surface area (Å²) < 4.78 is 11.1. The Bertz CT molecular complexity index is 346. The van der Waals surface area contributed by atoms with Gasteiger partial charge in [-0.15, -0.1) is 0 Å². The third-order valence-electron chi connectivity index (χ3n) is 4.19. The van der Waals surface area contributed by atoms with E-state index in [2.05, 4.69) is 39.8 Å². The van der Waals surface area contributed by atoms with Crippen LogP contribution in [0.4, 0.5) is 0 Å². The summed E-state index contributed by atoms with van der Waals surface area (Å²) in [5, 5.41) is 0. The third-order valence-corrected chi connectivity index (χ3v) is 4.19. The van der Waals surface area contributed by atoms with E-state index in [4.69, 9.17) is 9.47 Å². The molecule has 0 aromatic heterocycles. The summed E-state index contributed by atoms with van der Waals surface area (Å²) in [5.74, 6) is 0.325. The molecule has 0 aromatic rings. The highest BCUT2D eigenvalue weighted by molar-refractivity contribution is 5.32. The molecule has 1 aliphatic carbocycles. The Balaban J connectivity index is 2.06. The van der Waals surface area contributed by atoms with Gasteiger partial charge in [-0.25, -0.2) is 0 Å². The van der Waals surface area contributed by atoms with Crippen molar-refractivity contribution in [2.45, 2.75) is 53.2 Å². The van der Waals surface area contributed by atoms with Crippen LogP contribution < -0.4 is 0 Å². The van der Waals surface area contributed by atoms with Gasteiger partial charge in [0.2, 0.25) is 0 Å². The lowest BCUT2D eigenvalue weighted by molar-refractivity contribution is -0.0657. The predicted molar refractivity (Wildman–Crippen MR) is 74.3 cm³/mol. The highest BCUT2D eigenvalue weighted by atomic mass is 16.7. The first-order chi connectivity index (χ1) is 8.50. The zero-order valence-corrected chi connectivity index (χ0v) is 12.2. The second-order valence-corrected chi connectivity index (χ2v) is 6.26. The first-order valence-electron chi connectivity index (χ1n) is 7.12. The van der Waals surface area contributed by atoms with Gasteiger partial charge < -0.3 is 9.47 Å². The molecule has 2 nitrogen and oxygen atoms in total. The SMILES string of the molecule is CC1=C(C=CC(C)C2OCCO2)C(C)(C)CCC1. The van der Waals surface area contributed by atoms with Crippen molar-refractivity contribution in [1.29, 1.82) is 0 Å². The van der Waals surface area contributed by atoms with Crippen LogP contribution in [-0.4, -0.2) is 19.5 Å². The predicted octanol–water partition coefficient (Wildman–Crippen LogP) is 4.08. The Morgan fingerprint density at radius 3 is 2.56 bits per heavy atom. The Hall–Kier alpha value is -0.600. The van der Waals surface area contributed by atoms with Crippen LogP contribution in [0, 0.1) is 11.3 Å². The van der Waals surface area contributed by atoms with Crippen molar-refractivity contribution < 1.29 is 9.47 Å². The number of hydrogen-bond donors (Lipinski definition) is 0. The summed E-state index contributed by atoms with van der Waals surface area (Å²) >= 11 is 0. The van der Waals surface area contributed by atoms with Gasteiger partial charge in [0.05, 0.1) is 13.2 Å². The number of hydrogen-bond acceptors (Lipinski definition) is 2. The lowest BCUT2D eigenvalue weighted by atomic mass is 9.72. The molecule has 1 aliphatic heterocycles. The Morgan fingerprint density at radius 1 is 1.28 bits per heavy atom. The zero-order valence-electron chi connectivity index (χ0n) is 12.2. The minimum Gasteiger partial charge on any atom is -0.350 e. The largest absolute Gasteiger partial charge is 0.350 e. The number of rotatable bonds is 3. The lowest BCUT2D eigenvalue weighted by Gasteiger charge is -2.33. The normalized spacial score (nSPS) is 27.1. The van der Waals surface area contributed by atoms with Gasteiger partial charge in [0.25, 0.3) is 0 Å². The van der Waals surface area contributed by atoms with Gasteiger partial charge in [0, 0.05) is 5.92 Å². The summed E-state index contributed by atoms with van der Waals surface area (Å²) in [6.45, 7) is 10.6. The molecule has 18 heavy (non-hydrogen) atoms. The van der Waals surface area contributed by atoms with Gasteiger partial charge in [-0.3, -0.25) is 0 Å². The number of allylic oxidation sites excluding steroid dienone is 3. The van der Waals surface area contributed by atoms with Crippen LogP contribution in [0.3, 0.4) is 0 Å². The molecule has 0 N–H and O–H groups in total. The van der Waals surface area contributed by atoms with E-state index in [1.165, 1.54) is 24.8 Å². The van der Waals surface area contributed by atoms with E-state index in [0.717, 1.165) is 13.2 Å². The molecule has 0 bridgehead atoms. The first-order valence-corrected chi connectivity index (χ1v) is 7.12. The van der Waals surface area contributed by atoms with Crippen molar-refractivity contribution >= 4 is 0 Å². The summed E-state index contributed by atoms with van der Waals surface area (Å²) in [6.07, 6.45) is 8.36. The van der Waals surface area contributed by atoms with Crippen LogP contribution in [0.15, 0.2) is 23.3 Å². The second-order valence-electron chi connectivity index (χ2n) is 6.26. The standard InChI is InChI=1S/C16H26O2/c1-12-6-5-9-16(3,4)14(12)8-7-13(2)15-17-10-11-18-15/h7-8,13,15H,5-6,9-11H2,1-4H3. The average molecular weight is 250 g/mol. The van der Waals surface area contributed by atoms with E-state index in [1.54, 1.807) is 5.57 Å². The first kappa shape index (κ1) is 13.8. The molecule has 1 atom stereocenters. The second kappa shape index (κ2) is 5.58. The van der Waals surface area contributed by atoms with Crippen LogP contribution in [0.25, 0.3) is 0 Å². The molecule has 0 radical (unpaired) electrons. The van der Waals surface area contributed by atoms with E-state index in [1.807, 2.05) is 0 Å². The Labute approximate surface area is 111 Å². The van der Waals surface area contributed by atoms with E-state index < -0.39 is 0 Å². The topological polar surface area (TPSA) is 18.5 Å². The van der Waals surface area contributed by atoms with E-state index in [9.17, 15) is 0 Å². The molecule has 2 heteroatoms. The van der Waals surface area contributed by atoms with Crippen molar-refractivity contribution in [3.63, 3.8) is 0 Å².